The number of benzene rings is 2. The lowest BCUT2D eigenvalue weighted by atomic mass is 10.1. The molecule has 0 unspecified atom stereocenters. The molecule has 0 amide bonds. The summed E-state index contributed by atoms with van der Waals surface area (Å²) in [5.74, 6) is 0.728. The molecule has 0 fully saturated rings. The molecule has 0 atom stereocenters. The van der Waals surface area contributed by atoms with Gasteiger partial charge in [-0.1, -0.05) is 71.8 Å². The molecule has 0 saturated heterocycles. The summed E-state index contributed by atoms with van der Waals surface area (Å²) in [7, 11) is 0. The Morgan fingerprint density at radius 1 is 1.00 bits per heavy atom. The van der Waals surface area contributed by atoms with E-state index in [2.05, 4.69) is 95.4 Å². The van der Waals surface area contributed by atoms with Crippen molar-refractivity contribution in [2.45, 2.75) is 20.3 Å². The van der Waals surface area contributed by atoms with Crippen LogP contribution in [0.5, 0.6) is 0 Å². The predicted octanol–water partition coefficient (Wildman–Crippen LogP) is 4.32. The van der Waals surface area contributed by atoms with E-state index in [-0.39, 0.29) is 0 Å². The molecular formula is C23H26N4. The topological polar surface area (TPSA) is 48.8 Å². The highest BCUT2D eigenvalue weighted by molar-refractivity contribution is 6.09. The first-order chi connectivity index (χ1) is 13.2. The number of aryl methyl sites for hydroxylation is 2. The van der Waals surface area contributed by atoms with Crippen LogP contribution in [-0.4, -0.2) is 24.8 Å². The van der Waals surface area contributed by atoms with Gasteiger partial charge in [0.1, 0.15) is 0 Å². The van der Waals surface area contributed by atoms with Crippen molar-refractivity contribution in [2.75, 3.05) is 13.1 Å². The molecule has 138 valence electrons. The third-order valence-corrected chi connectivity index (χ3v) is 4.17. The number of nitrogens with zero attached hydrogens (tertiary/aromatic N) is 2. The summed E-state index contributed by atoms with van der Waals surface area (Å²) in [5, 5.41) is 7.74. The summed E-state index contributed by atoms with van der Waals surface area (Å²) in [5.41, 5.74) is 8.65. The van der Waals surface area contributed by atoms with E-state index in [4.69, 9.17) is 0 Å². The Morgan fingerprint density at radius 2 is 1.63 bits per heavy atom. The summed E-state index contributed by atoms with van der Waals surface area (Å²) >= 11 is 0. The third-order valence-electron chi connectivity index (χ3n) is 4.17. The van der Waals surface area contributed by atoms with Crippen molar-refractivity contribution >= 4 is 23.8 Å². The first-order valence-corrected chi connectivity index (χ1v) is 9.30. The van der Waals surface area contributed by atoms with Crippen LogP contribution in [0.3, 0.4) is 0 Å². The standard InChI is InChI=1S/C23H26N4/c1-18-6-3-8-20(16-18)10-12-22(26-27-23-24-14-5-15-25-23)13-11-21-9-4-7-19(2)17-21/h3-4,6-13,16-17H,5,14-15H2,1-2H3,(H2,24,25,27). The zero-order valence-corrected chi connectivity index (χ0v) is 15.9. The van der Waals surface area contributed by atoms with Gasteiger partial charge in [0.2, 0.25) is 5.96 Å². The second-order valence-corrected chi connectivity index (χ2v) is 6.65. The summed E-state index contributed by atoms with van der Waals surface area (Å²) < 4.78 is 0. The summed E-state index contributed by atoms with van der Waals surface area (Å²) in [4.78, 5) is 4.40. The van der Waals surface area contributed by atoms with Gasteiger partial charge in [0.15, 0.2) is 0 Å². The Kier molecular flexibility index (Phi) is 6.58. The highest BCUT2D eigenvalue weighted by atomic mass is 15.4. The minimum absolute atomic E-state index is 0.728. The molecule has 0 saturated carbocycles. The van der Waals surface area contributed by atoms with Crippen LogP contribution in [0.2, 0.25) is 0 Å². The highest BCUT2D eigenvalue weighted by Crippen LogP contribution is 2.08. The van der Waals surface area contributed by atoms with Crippen molar-refractivity contribution in [2.24, 2.45) is 10.1 Å². The number of hydrazone groups is 1. The van der Waals surface area contributed by atoms with Crippen LogP contribution in [0.15, 0.2) is 70.8 Å². The molecule has 2 N–H and O–H groups in total. The van der Waals surface area contributed by atoms with Crippen molar-refractivity contribution in [3.63, 3.8) is 0 Å². The molecule has 1 heterocycles. The fraction of sp³-hybridized carbons (Fsp3) is 0.217. The zero-order valence-electron chi connectivity index (χ0n) is 15.9. The number of allylic oxidation sites excluding steroid dienone is 2. The van der Waals surface area contributed by atoms with E-state index in [1.165, 1.54) is 11.1 Å². The lowest BCUT2D eigenvalue weighted by molar-refractivity contribution is 0.711. The van der Waals surface area contributed by atoms with Gasteiger partial charge in [-0.15, -0.1) is 0 Å². The fourth-order valence-electron chi connectivity index (χ4n) is 2.77. The van der Waals surface area contributed by atoms with Gasteiger partial charge in [-0.2, -0.15) is 5.10 Å². The number of hydrogen-bond acceptors (Lipinski definition) is 4. The molecule has 27 heavy (non-hydrogen) atoms. The Balaban J connectivity index is 1.80. The van der Waals surface area contributed by atoms with E-state index < -0.39 is 0 Å². The van der Waals surface area contributed by atoms with Gasteiger partial charge in [0.25, 0.3) is 0 Å². The number of guanidine groups is 1. The van der Waals surface area contributed by atoms with Gasteiger partial charge in [0.05, 0.1) is 5.71 Å². The van der Waals surface area contributed by atoms with Crippen LogP contribution in [0.1, 0.15) is 28.7 Å². The van der Waals surface area contributed by atoms with Gasteiger partial charge in [-0.3, -0.25) is 4.99 Å². The molecule has 0 radical (unpaired) electrons. The van der Waals surface area contributed by atoms with E-state index in [1.807, 2.05) is 12.2 Å². The monoisotopic (exact) mass is 358 g/mol. The minimum atomic E-state index is 0.728. The molecule has 3 rings (SSSR count). The molecule has 2 aromatic rings. The average molecular weight is 358 g/mol. The summed E-state index contributed by atoms with van der Waals surface area (Å²) in [6.45, 7) is 5.95. The first kappa shape index (κ1) is 18.6. The molecule has 0 bridgehead atoms. The summed E-state index contributed by atoms with van der Waals surface area (Å²) in [6.07, 6.45) is 9.23. The largest absolute Gasteiger partial charge is 0.355 e. The lowest BCUT2D eigenvalue weighted by Crippen LogP contribution is -2.38. The second kappa shape index (κ2) is 9.53. The maximum Gasteiger partial charge on any atom is 0.212 e. The Bertz CT molecular complexity index is 833. The molecule has 0 aliphatic carbocycles. The van der Waals surface area contributed by atoms with Crippen LogP contribution in [-0.2, 0) is 0 Å². The molecule has 4 nitrogen and oxygen atoms in total. The van der Waals surface area contributed by atoms with E-state index in [9.17, 15) is 0 Å². The Labute approximate surface area is 161 Å². The minimum Gasteiger partial charge on any atom is -0.355 e. The summed E-state index contributed by atoms with van der Waals surface area (Å²) in [6, 6.07) is 16.8. The quantitative estimate of drug-likeness (QED) is 0.617. The van der Waals surface area contributed by atoms with Crippen LogP contribution in [0.4, 0.5) is 0 Å². The average Bonchev–Trinajstić information content (AvgIpc) is 2.68. The van der Waals surface area contributed by atoms with Crippen LogP contribution >= 0.6 is 0 Å². The van der Waals surface area contributed by atoms with Crippen LogP contribution < -0.4 is 10.7 Å². The van der Waals surface area contributed by atoms with Crippen molar-refractivity contribution in [3.05, 3.63) is 82.9 Å². The van der Waals surface area contributed by atoms with E-state index in [1.54, 1.807) is 0 Å². The van der Waals surface area contributed by atoms with Gasteiger partial charge in [-0.05, 0) is 43.5 Å². The van der Waals surface area contributed by atoms with E-state index in [0.717, 1.165) is 42.3 Å². The van der Waals surface area contributed by atoms with Gasteiger partial charge in [-0.25, -0.2) is 5.43 Å². The number of rotatable bonds is 5. The second-order valence-electron chi connectivity index (χ2n) is 6.65. The molecule has 4 heteroatoms. The molecule has 0 spiro atoms. The van der Waals surface area contributed by atoms with Crippen LogP contribution in [0.25, 0.3) is 12.2 Å². The van der Waals surface area contributed by atoms with Crippen molar-refractivity contribution in [3.8, 4) is 0 Å². The lowest BCUT2D eigenvalue weighted by Gasteiger charge is -2.13. The third kappa shape index (κ3) is 6.26. The molecule has 0 aromatic heterocycles. The van der Waals surface area contributed by atoms with Crippen LogP contribution in [0, 0.1) is 13.8 Å². The molecule has 2 aromatic carbocycles. The van der Waals surface area contributed by atoms with E-state index >= 15 is 0 Å². The SMILES string of the molecule is Cc1cccc(C=CC(C=Cc2cccc(C)c2)=NNC2=NCCCN2)c1. The maximum atomic E-state index is 4.52. The first-order valence-electron chi connectivity index (χ1n) is 9.30. The molecule has 1 aliphatic heterocycles. The normalized spacial score (nSPS) is 14.1. The molecular weight excluding hydrogens is 332 g/mol. The number of hydrogen-bond donors (Lipinski definition) is 2. The Hall–Kier alpha value is -3.14. The number of nitrogens with one attached hydrogen (secondary N) is 2. The van der Waals surface area contributed by atoms with Gasteiger partial charge >= 0.3 is 0 Å². The Morgan fingerprint density at radius 3 is 2.15 bits per heavy atom. The molecule has 1 aliphatic rings. The van der Waals surface area contributed by atoms with Crippen molar-refractivity contribution in [1.29, 1.82) is 0 Å². The van der Waals surface area contributed by atoms with Crippen molar-refractivity contribution in [1.82, 2.24) is 10.7 Å². The highest BCUT2D eigenvalue weighted by Gasteiger charge is 2.02. The van der Waals surface area contributed by atoms with Gasteiger partial charge < -0.3 is 5.32 Å². The maximum absolute atomic E-state index is 4.52. The van der Waals surface area contributed by atoms with Crippen molar-refractivity contribution < 1.29 is 0 Å². The predicted molar refractivity (Wildman–Crippen MR) is 116 cm³/mol. The fourth-order valence-corrected chi connectivity index (χ4v) is 2.77. The smallest absolute Gasteiger partial charge is 0.212 e. The van der Waals surface area contributed by atoms with E-state index in [0.29, 0.717) is 0 Å². The zero-order chi connectivity index (χ0) is 18.9. The van der Waals surface area contributed by atoms with Gasteiger partial charge in [0, 0.05) is 13.1 Å². The number of aliphatic imine (C=N–C) groups is 1.